The van der Waals surface area contributed by atoms with Crippen LogP contribution in [-0.4, -0.2) is 53.8 Å². The van der Waals surface area contributed by atoms with Crippen molar-refractivity contribution >= 4 is 34.8 Å². The topological polar surface area (TPSA) is 145 Å². The first kappa shape index (κ1) is 24.0. The Kier molecular flexibility index (Phi) is 6.78. The molecule has 1 aliphatic heterocycles. The minimum atomic E-state index is -0.503. The summed E-state index contributed by atoms with van der Waals surface area (Å²) < 4.78 is 3.25. The molecule has 0 bridgehead atoms. The zero-order valence-corrected chi connectivity index (χ0v) is 20.7. The highest BCUT2D eigenvalue weighted by molar-refractivity contribution is 7.99. The number of aromatic nitrogens is 6. The number of nitrogens with one attached hydrogen (secondary N) is 1. The Balaban J connectivity index is 1.64. The van der Waals surface area contributed by atoms with Crippen LogP contribution in [0, 0.1) is 25.7 Å². The summed E-state index contributed by atoms with van der Waals surface area (Å²) in [6.45, 7) is 7.72. The normalized spacial score (nSPS) is 15.7. The van der Waals surface area contributed by atoms with Crippen LogP contribution in [0.25, 0.3) is 11.2 Å². The van der Waals surface area contributed by atoms with Crippen LogP contribution in [0.3, 0.4) is 0 Å². The molecule has 1 atom stereocenters. The largest absolute Gasteiger partial charge is 0.369 e. The molecule has 1 amide bonds. The van der Waals surface area contributed by atoms with E-state index in [9.17, 15) is 14.4 Å². The highest BCUT2D eigenvalue weighted by Gasteiger charge is 2.28. The molecule has 0 spiro atoms. The second kappa shape index (κ2) is 9.61. The molecule has 11 nitrogen and oxygen atoms in total. The maximum atomic E-state index is 12.8. The number of piperidine rings is 1. The summed E-state index contributed by atoms with van der Waals surface area (Å²) in [5.74, 6) is 1.09. The number of carbonyl (C=O) groups is 1. The molecule has 34 heavy (non-hydrogen) atoms. The van der Waals surface area contributed by atoms with Gasteiger partial charge >= 0.3 is 5.69 Å². The number of imidazole rings is 1. The van der Waals surface area contributed by atoms with Crippen LogP contribution in [0.5, 0.6) is 0 Å². The number of primary amides is 1. The maximum absolute atomic E-state index is 12.8. The quantitative estimate of drug-likeness (QED) is 0.371. The lowest BCUT2D eigenvalue weighted by molar-refractivity contribution is -0.122. The predicted molar refractivity (Wildman–Crippen MR) is 131 cm³/mol. The van der Waals surface area contributed by atoms with Gasteiger partial charge in [-0.15, -0.1) is 0 Å². The van der Waals surface area contributed by atoms with Crippen molar-refractivity contribution < 1.29 is 4.79 Å². The standard InChI is InChI=1S/C22H30N8O3S/c1-12(11-34-20-24-13(2)9-14(3)25-20)10-30-16-18(28(4)22(33)27-19(16)32)26-21(30)29-7-5-15(6-8-29)17(23)31/h9,12,15H,5-8,10-11H2,1-4H3,(H2,23,31)(H,27,32,33)/t12-/m0/s1. The molecule has 0 saturated carbocycles. The van der Waals surface area contributed by atoms with Gasteiger partial charge in [-0.1, -0.05) is 18.7 Å². The molecule has 1 fully saturated rings. The van der Waals surface area contributed by atoms with Crippen molar-refractivity contribution in [2.45, 2.75) is 45.3 Å². The van der Waals surface area contributed by atoms with Crippen LogP contribution < -0.4 is 21.9 Å². The number of H-pyrrole nitrogens is 1. The van der Waals surface area contributed by atoms with Gasteiger partial charge in [0.05, 0.1) is 0 Å². The number of hydrogen-bond acceptors (Lipinski definition) is 8. The molecule has 0 unspecified atom stereocenters. The van der Waals surface area contributed by atoms with E-state index in [1.54, 1.807) is 18.8 Å². The number of hydrogen-bond donors (Lipinski definition) is 2. The first-order valence-electron chi connectivity index (χ1n) is 11.3. The lowest BCUT2D eigenvalue weighted by atomic mass is 9.96. The molecule has 12 heteroatoms. The molecule has 0 aromatic carbocycles. The minimum absolute atomic E-state index is 0.157. The van der Waals surface area contributed by atoms with Gasteiger partial charge in [0.1, 0.15) is 0 Å². The number of nitrogens with zero attached hydrogens (tertiary/aromatic N) is 6. The zero-order valence-electron chi connectivity index (χ0n) is 19.9. The van der Waals surface area contributed by atoms with Crippen molar-refractivity contribution in [1.29, 1.82) is 0 Å². The fourth-order valence-electron chi connectivity index (χ4n) is 4.34. The van der Waals surface area contributed by atoms with E-state index < -0.39 is 11.2 Å². The predicted octanol–water partition coefficient (Wildman–Crippen LogP) is 0.960. The number of fused-ring (bicyclic) bond motifs is 1. The maximum Gasteiger partial charge on any atom is 0.329 e. The number of rotatable bonds is 7. The third-order valence-corrected chi connectivity index (χ3v) is 7.30. The highest BCUT2D eigenvalue weighted by atomic mass is 32.2. The smallest absolute Gasteiger partial charge is 0.329 e. The van der Waals surface area contributed by atoms with Gasteiger partial charge in [-0.05, 0) is 38.7 Å². The van der Waals surface area contributed by atoms with Gasteiger partial charge < -0.3 is 15.2 Å². The van der Waals surface area contributed by atoms with Gasteiger partial charge in [0, 0.05) is 49.7 Å². The number of nitrogens with two attached hydrogens (primary N) is 1. The Morgan fingerprint density at radius 2 is 1.85 bits per heavy atom. The average molecular weight is 487 g/mol. The van der Waals surface area contributed by atoms with Crippen molar-refractivity contribution in [3.8, 4) is 0 Å². The van der Waals surface area contributed by atoms with Gasteiger partial charge in [0.25, 0.3) is 5.56 Å². The van der Waals surface area contributed by atoms with Crippen LogP contribution in [0.4, 0.5) is 5.95 Å². The van der Waals surface area contributed by atoms with Crippen LogP contribution in [0.2, 0.25) is 0 Å². The van der Waals surface area contributed by atoms with Crippen LogP contribution in [-0.2, 0) is 18.4 Å². The van der Waals surface area contributed by atoms with E-state index in [2.05, 4.69) is 26.8 Å². The molecule has 1 saturated heterocycles. The molecule has 4 heterocycles. The van der Waals surface area contributed by atoms with E-state index in [1.165, 1.54) is 4.57 Å². The molecule has 3 aromatic heterocycles. The zero-order chi connectivity index (χ0) is 24.6. The van der Waals surface area contributed by atoms with Gasteiger partial charge in [-0.3, -0.25) is 19.1 Å². The first-order valence-corrected chi connectivity index (χ1v) is 12.3. The molecule has 3 N–H and O–H groups in total. The molecular formula is C22H30N8O3S. The number of amides is 1. The molecular weight excluding hydrogens is 456 g/mol. The SMILES string of the molecule is Cc1cc(C)nc(SC[C@@H](C)Cn2c(N3CCC(C(N)=O)CC3)nc3c2c(=O)[nH]c(=O)n3C)n1. The lowest BCUT2D eigenvalue weighted by Gasteiger charge is -2.32. The lowest BCUT2D eigenvalue weighted by Crippen LogP contribution is -2.40. The van der Waals surface area contributed by atoms with E-state index in [-0.39, 0.29) is 17.7 Å². The van der Waals surface area contributed by atoms with Gasteiger partial charge in [-0.2, -0.15) is 4.98 Å². The van der Waals surface area contributed by atoms with E-state index >= 15 is 0 Å². The summed E-state index contributed by atoms with van der Waals surface area (Å²) in [5.41, 5.74) is 7.10. The van der Waals surface area contributed by atoms with E-state index in [0.717, 1.165) is 22.3 Å². The molecule has 3 aromatic rings. The second-order valence-electron chi connectivity index (χ2n) is 9.03. The van der Waals surface area contributed by atoms with Gasteiger partial charge in [-0.25, -0.2) is 14.8 Å². The van der Waals surface area contributed by atoms with Gasteiger partial charge in [0.15, 0.2) is 16.3 Å². The Morgan fingerprint density at radius 3 is 2.47 bits per heavy atom. The van der Waals surface area contributed by atoms with Crippen molar-refractivity contribution in [2.75, 3.05) is 23.7 Å². The third kappa shape index (κ3) is 4.86. The van der Waals surface area contributed by atoms with E-state index in [4.69, 9.17) is 10.7 Å². The first-order chi connectivity index (χ1) is 16.1. The monoisotopic (exact) mass is 486 g/mol. The van der Waals surface area contributed by atoms with Crippen molar-refractivity contribution in [2.24, 2.45) is 24.6 Å². The molecule has 0 radical (unpaired) electrons. The summed E-state index contributed by atoms with van der Waals surface area (Å²) in [6, 6.07) is 1.94. The molecule has 4 rings (SSSR count). The highest BCUT2D eigenvalue weighted by Crippen LogP contribution is 2.27. The van der Waals surface area contributed by atoms with Crippen LogP contribution >= 0.6 is 11.8 Å². The Morgan fingerprint density at radius 1 is 1.21 bits per heavy atom. The minimum Gasteiger partial charge on any atom is -0.369 e. The average Bonchev–Trinajstić information content (AvgIpc) is 3.15. The fourth-order valence-corrected chi connectivity index (χ4v) is 5.30. The van der Waals surface area contributed by atoms with Gasteiger partial charge in [0.2, 0.25) is 11.9 Å². The summed E-state index contributed by atoms with van der Waals surface area (Å²) >= 11 is 1.58. The summed E-state index contributed by atoms with van der Waals surface area (Å²) in [5, 5.41) is 0.730. The second-order valence-corrected chi connectivity index (χ2v) is 10.0. The number of anilines is 1. The summed E-state index contributed by atoms with van der Waals surface area (Å²) in [4.78, 5) is 54.7. The number of aromatic amines is 1. The Hall–Kier alpha value is -3.15. The summed E-state index contributed by atoms with van der Waals surface area (Å²) in [7, 11) is 1.59. The summed E-state index contributed by atoms with van der Waals surface area (Å²) in [6.07, 6.45) is 1.26. The molecule has 1 aliphatic rings. The van der Waals surface area contributed by atoms with Crippen molar-refractivity contribution in [3.05, 3.63) is 38.3 Å². The molecule has 0 aliphatic carbocycles. The number of aryl methyl sites for hydroxylation is 3. The number of thioether (sulfide) groups is 1. The van der Waals surface area contributed by atoms with Crippen molar-refractivity contribution in [3.63, 3.8) is 0 Å². The fraction of sp³-hybridized carbons (Fsp3) is 0.545. The molecule has 182 valence electrons. The van der Waals surface area contributed by atoms with Crippen molar-refractivity contribution in [1.82, 2.24) is 29.1 Å². The number of carbonyl (C=O) groups excluding carboxylic acids is 1. The third-order valence-electron chi connectivity index (χ3n) is 6.12. The van der Waals surface area contributed by atoms with E-state index in [0.29, 0.717) is 49.6 Å². The van der Waals surface area contributed by atoms with E-state index in [1.807, 2.05) is 24.5 Å². The Labute approximate surface area is 200 Å². The Bertz CT molecular complexity index is 1320. The van der Waals surface area contributed by atoms with Crippen LogP contribution in [0.1, 0.15) is 31.2 Å². The van der Waals surface area contributed by atoms with Crippen LogP contribution in [0.15, 0.2) is 20.8 Å².